The molecule has 1 aromatic rings. The third-order valence-corrected chi connectivity index (χ3v) is 3.34. The van der Waals surface area contributed by atoms with E-state index in [0.29, 0.717) is 23.8 Å². The molecule has 0 aromatic heterocycles. The van der Waals surface area contributed by atoms with Crippen LogP contribution in [0.3, 0.4) is 0 Å². The number of carbonyl (C=O) groups excluding carboxylic acids is 1. The maximum Gasteiger partial charge on any atom is 0.339 e. The van der Waals surface area contributed by atoms with Crippen molar-refractivity contribution in [2.45, 2.75) is 25.7 Å². The molecule has 1 aliphatic rings. The second-order valence-electron chi connectivity index (χ2n) is 5.05. The zero-order valence-electron chi connectivity index (χ0n) is 11.7. The van der Waals surface area contributed by atoms with Gasteiger partial charge in [-0.3, -0.25) is 0 Å². The first kappa shape index (κ1) is 15.1. The normalized spacial score (nSPS) is 18.6. The van der Waals surface area contributed by atoms with Crippen molar-refractivity contribution in [2.75, 3.05) is 25.6 Å². The zero-order chi connectivity index (χ0) is 14.8. The van der Waals surface area contributed by atoms with Gasteiger partial charge in [-0.2, -0.15) is 0 Å². The molecule has 1 aliphatic heterocycles. The maximum absolute atomic E-state index is 11.6. The molecule has 1 heterocycles. The summed E-state index contributed by atoms with van der Waals surface area (Å²) in [4.78, 5) is 11.6. The van der Waals surface area contributed by atoms with E-state index < -0.39 is 11.8 Å². The number of anilines is 1. The molecule has 110 valence electrons. The lowest BCUT2D eigenvalue weighted by molar-refractivity contribution is -0.247. The average molecular weight is 300 g/mol. The Morgan fingerprint density at radius 3 is 2.65 bits per heavy atom. The van der Waals surface area contributed by atoms with Gasteiger partial charge in [0.15, 0.2) is 5.79 Å². The number of halogens is 1. The molecule has 0 aliphatic carbocycles. The van der Waals surface area contributed by atoms with Gasteiger partial charge in [0.2, 0.25) is 0 Å². The third kappa shape index (κ3) is 3.62. The van der Waals surface area contributed by atoms with Crippen molar-refractivity contribution in [2.24, 2.45) is 0 Å². The minimum absolute atomic E-state index is 0.0229. The Bertz CT molecular complexity index is 494. The zero-order valence-corrected chi connectivity index (χ0v) is 12.5. The average Bonchev–Trinajstić information content (AvgIpc) is 2.42. The first-order valence-electron chi connectivity index (χ1n) is 6.33. The van der Waals surface area contributed by atoms with Crippen LogP contribution < -0.4 is 5.32 Å². The van der Waals surface area contributed by atoms with Gasteiger partial charge in [-0.25, -0.2) is 4.79 Å². The van der Waals surface area contributed by atoms with Gasteiger partial charge in [-0.1, -0.05) is 11.6 Å². The molecule has 1 N–H and O–H groups in total. The molecule has 0 radical (unpaired) electrons. The van der Waals surface area contributed by atoms with E-state index in [1.807, 2.05) is 13.8 Å². The number of esters is 1. The van der Waals surface area contributed by atoms with E-state index in [4.69, 9.17) is 21.1 Å². The monoisotopic (exact) mass is 299 g/mol. The number of ether oxygens (including phenoxy) is 3. The van der Waals surface area contributed by atoms with Crippen LogP contribution in [-0.2, 0) is 14.2 Å². The first-order valence-corrected chi connectivity index (χ1v) is 6.71. The van der Waals surface area contributed by atoms with Crippen LogP contribution in [0.1, 0.15) is 24.2 Å². The fraction of sp³-hybridized carbons (Fsp3) is 0.500. The summed E-state index contributed by atoms with van der Waals surface area (Å²) in [5.74, 6) is -1.01. The van der Waals surface area contributed by atoms with Crippen molar-refractivity contribution < 1.29 is 19.0 Å². The van der Waals surface area contributed by atoms with Crippen LogP contribution >= 0.6 is 11.6 Å². The quantitative estimate of drug-likeness (QED) is 0.870. The lowest BCUT2D eigenvalue weighted by Crippen LogP contribution is -2.45. The predicted molar refractivity (Wildman–Crippen MR) is 76.2 cm³/mol. The Morgan fingerprint density at radius 2 is 2.05 bits per heavy atom. The number of carbonyl (C=O) groups is 1. The molecular formula is C14H18ClNO4. The van der Waals surface area contributed by atoms with E-state index in [1.165, 1.54) is 7.11 Å². The fourth-order valence-corrected chi connectivity index (χ4v) is 2.09. The first-order chi connectivity index (χ1) is 9.41. The SMILES string of the molecule is COC(=O)c1cc(NC2COC(C)(C)OC2)ccc1Cl. The summed E-state index contributed by atoms with van der Waals surface area (Å²) in [5.41, 5.74) is 1.10. The molecule has 1 saturated heterocycles. The number of benzene rings is 1. The van der Waals surface area contributed by atoms with E-state index in [2.05, 4.69) is 10.1 Å². The van der Waals surface area contributed by atoms with Gasteiger partial charge in [0.05, 0.1) is 37.0 Å². The van der Waals surface area contributed by atoms with Gasteiger partial charge in [-0.15, -0.1) is 0 Å². The molecule has 5 nitrogen and oxygen atoms in total. The standard InChI is InChI=1S/C14H18ClNO4/c1-14(2)19-7-10(8-20-14)16-9-4-5-12(15)11(6-9)13(17)18-3/h4-6,10,16H,7-8H2,1-3H3. The Morgan fingerprint density at radius 1 is 1.40 bits per heavy atom. The highest BCUT2D eigenvalue weighted by molar-refractivity contribution is 6.33. The molecule has 0 spiro atoms. The van der Waals surface area contributed by atoms with Gasteiger partial charge < -0.3 is 19.5 Å². The highest BCUT2D eigenvalue weighted by atomic mass is 35.5. The number of hydrogen-bond acceptors (Lipinski definition) is 5. The molecule has 0 bridgehead atoms. The largest absolute Gasteiger partial charge is 0.465 e. The van der Waals surface area contributed by atoms with Gasteiger partial charge in [0.25, 0.3) is 0 Å². The maximum atomic E-state index is 11.6. The molecule has 2 rings (SSSR count). The number of rotatable bonds is 3. The highest BCUT2D eigenvalue weighted by Gasteiger charge is 2.28. The summed E-state index contributed by atoms with van der Waals surface area (Å²) < 4.78 is 15.8. The van der Waals surface area contributed by atoms with E-state index in [1.54, 1.807) is 18.2 Å². The number of nitrogens with one attached hydrogen (secondary N) is 1. The topological polar surface area (TPSA) is 56.8 Å². The molecule has 20 heavy (non-hydrogen) atoms. The van der Waals surface area contributed by atoms with Crippen LogP contribution in [0, 0.1) is 0 Å². The van der Waals surface area contributed by atoms with Crippen LogP contribution in [0.2, 0.25) is 5.02 Å². The van der Waals surface area contributed by atoms with E-state index in [9.17, 15) is 4.79 Å². The lowest BCUT2D eigenvalue weighted by atomic mass is 10.1. The van der Waals surface area contributed by atoms with Crippen LogP contribution in [0.5, 0.6) is 0 Å². The second kappa shape index (κ2) is 5.99. The minimum atomic E-state index is -0.546. The van der Waals surface area contributed by atoms with E-state index in [0.717, 1.165) is 5.69 Å². The van der Waals surface area contributed by atoms with Crippen LogP contribution in [0.25, 0.3) is 0 Å². The van der Waals surface area contributed by atoms with Gasteiger partial charge in [-0.05, 0) is 32.0 Å². The molecule has 6 heteroatoms. The van der Waals surface area contributed by atoms with Crippen LogP contribution in [0.4, 0.5) is 5.69 Å². The predicted octanol–water partition coefficient (Wildman–Crippen LogP) is 2.69. The van der Waals surface area contributed by atoms with Gasteiger partial charge >= 0.3 is 5.97 Å². The van der Waals surface area contributed by atoms with Crippen LogP contribution in [-0.4, -0.2) is 38.1 Å². The summed E-state index contributed by atoms with van der Waals surface area (Å²) in [6.07, 6.45) is 0. The Kier molecular flexibility index (Phi) is 4.52. The third-order valence-electron chi connectivity index (χ3n) is 3.01. The molecule has 0 atom stereocenters. The number of methoxy groups -OCH3 is 1. The van der Waals surface area contributed by atoms with Crippen molar-refractivity contribution in [3.63, 3.8) is 0 Å². The van der Waals surface area contributed by atoms with Crippen molar-refractivity contribution >= 4 is 23.3 Å². The summed E-state index contributed by atoms with van der Waals surface area (Å²) in [6, 6.07) is 5.14. The Labute approximate surface area is 123 Å². The highest BCUT2D eigenvalue weighted by Crippen LogP contribution is 2.24. The smallest absolute Gasteiger partial charge is 0.339 e. The van der Waals surface area contributed by atoms with E-state index in [-0.39, 0.29) is 6.04 Å². The van der Waals surface area contributed by atoms with Crippen molar-refractivity contribution in [3.8, 4) is 0 Å². The summed E-state index contributed by atoms with van der Waals surface area (Å²) >= 11 is 5.97. The summed E-state index contributed by atoms with van der Waals surface area (Å²) in [6.45, 7) is 4.81. The van der Waals surface area contributed by atoms with E-state index >= 15 is 0 Å². The molecule has 0 saturated carbocycles. The molecule has 1 aromatic carbocycles. The Hall–Kier alpha value is -1.30. The molecular weight excluding hydrogens is 282 g/mol. The van der Waals surface area contributed by atoms with Crippen LogP contribution in [0.15, 0.2) is 18.2 Å². The number of hydrogen-bond donors (Lipinski definition) is 1. The fourth-order valence-electron chi connectivity index (χ4n) is 1.89. The summed E-state index contributed by atoms with van der Waals surface area (Å²) in [5, 5.41) is 3.61. The van der Waals surface area contributed by atoms with Crippen molar-refractivity contribution in [1.82, 2.24) is 0 Å². The van der Waals surface area contributed by atoms with Crippen molar-refractivity contribution in [1.29, 1.82) is 0 Å². The van der Waals surface area contributed by atoms with Gasteiger partial charge in [0, 0.05) is 5.69 Å². The van der Waals surface area contributed by atoms with Crippen molar-refractivity contribution in [3.05, 3.63) is 28.8 Å². The Balaban J connectivity index is 2.05. The minimum Gasteiger partial charge on any atom is -0.465 e. The van der Waals surface area contributed by atoms with Gasteiger partial charge in [0.1, 0.15) is 0 Å². The molecule has 0 amide bonds. The molecule has 0 unspecified atom stereocenters. The summed E-state index contributed by atoms with van der Waals surface area (Å²) in [7, 11) is 1.32. The lowest BCUT2D eigenvalue weighted by Gasteiger charge is -2.35. The molecule has 1 fully saturated rings. The second-order valence-corrected chi connectivity index (χ2v) is 5.46.